The maximum absolute atomic E-state index is 14.9. The van der Waals surface area contributed by atoms with E-state index in [0.717, 1.165) is 13.1 Å². The van der Waals surface area contributed by atoms with Gasteiger partial charge in [-0.25, -0.2) is 13.9 Å². The maximum atomic E-state index is 14.9. The van der Waals surface area contributed by atoms with E-state index in [2.05, 4.69) is 20.6 Å². The van der Waals surface area contributed by atoms with Crippen molar-refractivity contribution in [2.24, 2.45) is 5.92 Å². The molecule has 2 saturated heterocycles. The molecule has 1 unspecified atom stereocenters. The van der Waals surface area contributed by atoms with Gasteiger partial charge in [0.05, 0.1) is 30.7 Å². The average Bonchev–Trinajstić information content (AvgIpc) is 3.36. The molecule has 5 rings (SSSR count). The summed E-state index contributed by atoms with van der Waals surface area (Å²) in [4.78, 5) is 18.0. The molecule has 0 aliphatic carbocycles. The Morgan fingerprint density at radius 3 is 2.81 bits per heavy atom. The summed E-state index contributed by atoms with van der Waals surface area (Å²) < 4.78 is 21.8. The number of benzene rings is 1. The van der Waals surface area contributed by atoms with Crippen LogP contribution >= 0.6 is 0 Å². The van der Waals surface area contributed by atoms with Crippen LogP contribution in [0.2, 0.25) is 0 Å². The number of nitrogens with zero attached hydrogens (tertiary/aromatic N) is 5. The van der Waals surface area contributed by atoms with Crippen molar-refractivity contribution in [3.63, 3.8) is 0 Å². The molecule has 4 heterocycles. The van der Waals surface area contributed by atoms with E-state index < -0.39 is 24.1 Å². The smallest absolute Gasteiger partial charge is 0.414 e. The minimum atomic E-state index is -0.630. The number of pyridine rings is 1. The lowest BCUT2D eigenvalue weighted by molar-refractivity contribution is 0.0731. The second-order valence-corrected chi connectivity index (χ2v) is 7.74. The third-order valence-electron chi connectivity index (χ3n) is 5.66. The van der Waals surface area contributed by atoms with E-state index in [1.165, 1.54) is 11.0 Å². The lowest BCUT2D eigenvalue weighted by Gasteiger charge is -2.31. The second-order valence-electron chi connectivity index (χ2n) is 7.74. The van der Waals surface area contributed by atoms with Crippen LogP contribution in [0.4, 0.5) is 14.9 Å². The Hall–Kier alpha value is -3.37. The highest BCUT2D eigenvalue weighted by Crippen LogP contribution is 2.30. The highest BCUT2D eigenvalue weighted by Gasteiger charge is 2.33. The van der Waals surface area contributed by atoms with E-state index >= 15 is 0 Å². The van der Waals surface area contributed by atoms with Crippen molar-refractivity contribution >= 4 is 11.8 Å². The quantitative estimate of drug-likeness (QED) is 0.621. The van der Waals surface area contributed by atoms with Crippen LogP contribution in [-0.4, -0.2) is 56.9 Å². The number of hydrogen-bond donors (Lipinski definition) is 2. The highest BCUT2D eigenvalue weighted by atomic mass is 19.1. The van der Waals surface area contributed by atoms with Gasteiger partial charge in [-0.15, -0.1) is 5.10 Å². The Balaban J connectivity index is 1.30. The van der Waals surface area contributed by atoms with E-state index in [0.29, 0.717) is 35.6 Å². The molecule has 0 saturated carbocycles. The molecule has 9 nitrogen and oxygen atoms in total. The SMILES string of the molecule is O=C1O[C@@H](Cn2ccnn2)CN1c1ccc(-c2ccc(C(O)C3CNC3)nc2)c(F)c1. The molecule has 2 aliphatic heterocycles. The van der Waals surface area contributed by atoms with Gasteiger partial charge in [-0.1, -0.05) is 11.3 Å². The van der Waals surface area contributed by atoms with Crippen molar-refractivity contribution in [3.05, 3.63) is 60.4 Å². The molecular weight excluding hydrogens is 403 g/mol. The zero-order valence-electron chi connectivity index (χ0n) is 16.6. The summed E-state index contributed by atoms with van der Waals surface area (Å²) in [5.74, 6) is -0.314. The molecule has 10 heteroatoms. The molecule has 3 aromatic rings. The molecular formula is C21H21FN6O3. The molecule has 1 aromatic carbocycles. The predicted molar refractivity (Wildman–Crippen MR) is 109 cm³/mol. The molecule has 2 aromatic heterocycles. The predicted octanol–water partition coefficient (Wildman–Crippen LogP) is 1.76. The van der Waals surface area contributed by atoms with Crippen LogP contribution in [0.1, 0.15) is 11.8 Å². The van der Waals surface area contributed by atoms with Crippen LogP contribution < -0.4 is 10.2 Å². The number of aromatic nitrogens is 4. The zero-order valence-corrected chi connectivity index (χ0v) is 16.6. The number of hydrogen-bond acceptors (Lipinski definition) is 7. The summed E-state index contributed by atoms with van der Waals surface area (Å²) in [6, 6.07) is 8.08. The van der Waals surface area contributed by atoms with Crippen molar-refractivity contribution < 1.29 is 19.0 Å². The van der Waals surface area contributed by atoms with E-state index in [4.69, 9.17) is 4.74 Å². The first-order valence-corrected chi connectivity index (χ1v) is 10.1. The van der Waals surface area contributed by atoms with Crippen molar-refractivity contribution in [2.75, 3.05) is 24.5 Å². The molecule has 2 atom stereocenters. The number of aliphatic hydroxyl groups excluding tert-OH is 1. The standard InChI is InChI=1S/C21H21FN6O3/c22-18-7-15(28-12-16(31-21(28)30)11-27-6-5-25-26-27)2-3-17(18)13-1-4-19(24-10-13)20(29)14-8-23-9-14/h1-7,10,14,16,20,23,29H,8-9,11-12H2/t16-,20?/m0/s1. The second kappa shape index (κ2) is 8.05. The Bertz CT molecular complexity index is 1070. The van der Waals surface area contributed by atoms with Gasteiger partial charge in [0, 0.05) is 42.5 Å². The Kier molecular flexibility index (Phi) is 5.08. The van der Waals surface area contributed by atoms with Crippen molar-refractivity contribution in [1.29, 1.82) is 0 Å². The molecule has 2 aliphatic rings. The first kappa shape index (κ1) is 19.6. The van der Waals surface area contributed by atoms with E-state index in [-0.39, 0.29) is 5.92 Å². The van der Waals surface area contributed by atoms with Crippen LogP contribution in [0.3, 0.4) is 0 Å². The first-order valence-electron chi connectivity index (χ1n) is 10.1. The third kappa shape index (κ3) is 3.87. The summed E-state index contributed by atoms with van der Waals surface area (Å²) in [5.41, 5.74) is 1.96. The highest BCUT2D eigenvalue weighted by molar-refractivity contribution is 5.90. The van der Waals surface area contributed by atoms with Gasteiger partial charge >= 0.3 is 6.09 Å². The number of rotatable bonds is 6. The summed E-state index contributed by atoms with van der Waals surface area (Å²) in [6.07, 6.45) is 3.24. The van der Waals surface area contributed by atoms with Crippen LogP contribution in [0, 0.1) is 11.7 Å². The normalized spacial score (nSPS) is 19.9. The van der Waals surface area contributed by atoms with Gasteiger partial charge < -0.3 is 15.2 Å². The minimum Gasteiger partial charge on any atom is -0.442 e. The van der Waals surface area contributed by atoms with E-state index in [1.54, 1.807) is 47.5 Å². The molecule has 0 spiro atoms. The number of amides is 1. The Morgan fingerprint density at radius 1 is 1.29 bits per heavy atom. The van der Waals surface area contributed by atoms with Crippen LogP contribution in [0.25, 0.3) is 11.1 Å². The number of anilines is 1. The lowest BCUT2D eigenvalue weighted by atomic mass is 9.93. The largest absolute Gasteiger partial charge is 0.442 e. The molecule has 31 heavy (non-hydrogen) atoms. The summed E-state index contributed by atoms with van der Waals surface area (Å²) in [6.45, 7) is 2.20. The first-order chi connectivity index (χ1) is 15.1. The monoisotopic (exact) mass is 424 g/mol. The van der Waals surface area contributed by atoms with E-state index in [9.17, 15) is 14.3 Å². The number of ether oxygens (including phenoxy) is 1. The van der Waals surface area contributed by atoms with Crippen molar-refractivity contribution in [2.45, 2.75) is 18.8 Å². The summed E-state index contributed by atoms with van der Waals surface area (Å²) in [5, 5.41) is 21.0. The number of halogens is 1. The molecule has 0 radical (unpaired) electrons. The minimum absolute atomic E-state index is 0.156. The fourth-order valence-electron chi connectivity index (χ4n) is 3.79. The molecule has 2 fully saturated rings. The van der Waals surface area contributed by atoms with Gasteiger partial charge in [0.1, 0.15) is 18.0 Å². The molecule has 2 N–H and O–H groups in total. The van der Waals surface area contributed by atoms with Gasteiger partial charge in [0.2, 0.25) is 0 Å². The van der Waals surface area contributed by atoms with Crippen LogP contribution in [-0.2, 0) is 11.3 Å². The van der Waals surface area contributed by atoms with Crippen molar-refractivity contribution in [1.82, 2.24) is 25.3 Å². The summed E-state index contributed by atoms with van der Waals surface area (Å²) in [7, 11) is 0. The average molecular weight is 424 g/mol. The molecule has 160 valence electrons. The fourth-order valence-corrected chi connectivity index (χ4v) is 3.79. The number of cyclic esters (lactones) is 1. The van der Waals surface area contributed by atoms with Gasteiger partial charge in [-0.05, 0) is 24.3 Å². The van der Waals surface area contributed by atoms with Gasteiger partial charge in [-0.2, -0.15) is 0 Å². The Morgan fingerprint density at radius 2 is 2.16 bits per heavy atom. The number of carbonyl (C=O) groups excluding carboxylic acids is 1. The van der Waals surface area contributed by atoms with Crippen LogP contribution in [0.5, 0.6) is 0 Å². The number of nitrogens with one attached hydrogen (secondary N) is 1. The Labute approximate surface area is 177 Å². The zero-order chi connectivity index (χ0) is 21.4. The topological polar surface area (TPSA) is 105 Å². The number of aliphatic hydroxyl groups is 1. The molecule has 1 amide bonds. The van der Waals surface area contributed by atoms with E-state index in [1.807, 2.05) is 0 Å². The van der Waals surface area contributed by atoms with Crippen LogP contribution in [0.15, 0.2) is 48.9 Å². The number of carbonyl (C=O) groups is 1. The summed E-state index contributed by atoms with van der Waals surface area (Å²) >= 11 is 0. The fraction of sp³-hybridized carbons (Fsp3) is 0.333. The van der Waals surface area contributed by atoms with Gasteiger partial charge in [-0.3, -0.25) is 9.88 Å². The lowest BCUT2D eigenvalue weighted by Crippen LogP contribution is -2.45. The van der Waals surface area contributed by atoms with Gasteiger partial charge in [0.25, 0.3) is 0 Å². The van der Waals surface area contributed by atoms with Crippen molar-refractivity contribution in [3.8, 4) is 11.1 Å². The maximum Gasteiger partial charge on any atom is 0.414 e. The third-order valence-corrected chi connectivity index (χ3v) is 5.66. The van der Waals surface area contributed by atoms with Gasteiger partial charge in [0.15, 0.2) is 0 Å². The molecule has 0 bridgehead atoms.